The fraction of sp³-hybridized carbons (Fsp3) is 0.538. The van der Waals surface area contributed by atoms with Crippen LogP contribution in [-0.2, 0) is 0 Å². The third kappa shape index (κ3) is 2.88. The second-order valence-electron chi connectivity index (χ2n) is 4.27. The van der Waals surface area contributed by atoms with Gasteiger partial charge in [0.1, 0.15) is 6.10 Å². The highest BCUT2D eigenvalue weighted by Gasteiger charge is 2.17. The standard InChI is InChI=1S/C13H17ClOS/c14-11-8-9-16-13(11)12(15)10-6-4-2-1-3-5-7-10/h6,8-9,12,15H,1-5,7H2/b10-6+. The second-order valence-corrected chi connectivity index (χ2v) is 5.62. The van der Waals surface area contributed by atoms with E-state index >= 15 is 0 Å². The molecule has 0 radical (unpaired) electrons. The summed E-state index contributed by atoms with van der Waals surface area (Å²) in [4.78, 5) is 0.897. The van der Waals surface area contributed by atoms with Crippen molar-refractivity contribution in [1.82, 2.24) is 0 Å². The Labute approximate surface area is 106 Å². The van der Waals surface area contributed by atoms with Crippen molar-refractivity contribution < 1.29 is 5.11 Å². The third-order valence-corrected chi connectivity index (χ3v) is 4.48. The van der Waals surface area contributed by atoms with E-state index in [2.05, 4.69) is 6.08 Å². The summed E-state index contributed by atoms with van der Waals surface area (Å²) in [5.74, 6) is 0. The summed E-state index contributed by atoms with van der Waals surface area (Å²) in [5, 5.41) is 12.9. The summed E-state index contributed by atoms with van der Waals surface area (Å²) in [5.41, 5.74) is 1.16. The van der Waals surface area contributed by atoms with Crippen LogP contribution in [0.5, 0.6) is 0 Å². The molecule has 1 unspecified atom stereocenters. The molecule has 88 valence electrons. The van der Waals surface area contributed by atoms with Crippen LogP contribution in [0.25, 0.3) is 0 Å². The first-order valence-electron chi connectivity index (χ1n) is 5.89. The average Bonchev–Trinajstić information content (AvgIpc) is 2.63. The van der Waals surface area contributed by atoms with Crippen molar-refractivity contribution in [2.45, 2.75) is 44.6 Å². The zero-order chi connectivity index (χ0) is 11.4. The normalized spacial score (nSPS) is 23.0. The summed E-state index contributed by atoms with van der Waals surface area (Å²) in [6, 6.07) is 1.86. The molecule has 1 aromatic heterocycles. The van der Waals surface area contributed by atoms with Gasteiger partial charge in [0.25, 0.3) is 0 Å². The number of allylic oxidation sites excluding steroid dienone is 1. The Bertz CT molecular complexity index is 370. The van der Waals surface area contributed by atoms with Crippen LogP contribution in [0.3, 0.4) is 0 Å². The monoisotopic (exact) mass is 256 g/mol. The number of halogens is 1. The summed E-state index contributed by atoms with van der Waals surface area (Å²) < 4.78 is 0. The summed E-state index contributed by atoms with van der Waals surface area (Å²) in [7, 11) is 0. The van der Waals surface area contributed by atoms with E-state index in [1.54, 1.807) is 11.3 Å². The van der Waals surface area contributed by atoms with Gasteiger partial charge in [-0.1, -0.05) is 30.5 Å². The molecule has 0 bridgehead atoms. The van der Waals surface area contributed by atoms with Gasteiger partial charge >= 0.3 is 0 Å². The lowest BCUT2D eigenvalue weighted by atomic mass is 9.96. The van der Waals surface area contributed by atoms with Crippen molar-refractivity contribution in [2.75, 3.05) is 0 Å². The molecule has 0 fully saturated rings. The van der Waals surface area contributed by atoms with E-state index in [0.717, 1.165) is 23.3 Å². The lowest BCUT2D eigenvalue weighted by molar-refractivity contribution is 0.213. The van der Waals surface area contributed by atoms with Crippen LogP contribution >= 0.6 is 22.9 Å². The van der Waals surface area contributed by atoms with Gasteiger partial charge in [-0.25, -0.2) is 0 Å². The number of thiophene rings is 1. The fourth-order valence-electron chi connectivity index (χ4n) is 2.13. The van der Waals surface area contributed by atoms with Gasteiger partial charge in [-0.05, 0) is 42.7 Å². The lowest BCUT2D eigenvalue weighted by Gasteiger charge is -2.16. The molecule has 0 aliphatic heterocycles. The third-order valence-electron chi connectivity index (χ3n) is 3.07. The van der Waals surface area contributed by atoms with Crippen LogP contribution in [0.4, 0.5) is 0 Å². The van der Waals surface area contributed by atoms with Crippen molar-refractivity contribution in [3.8, 4) is 0 Å². The molecule has 1 aliphatic carbocycles. The molecule has 1 heterocycles. The molecule has 2 rings (SSSR count). The van der Waals surface area contributed by atoms with Gasteiger partial charge in [0.05, 0.1) is 9.90 Å². The zero-order valence-electron chi connectivity index (χ0n) is 9.29. The molecule has 3 heteroatoms. The topological polar surface area (TPSA) is 20.2 Å². The van der Waals surface area contributed by atoms with E-state index in [1.807, 2.05) is 11.4 Å². The highest BCUT2D eigenvalue weighted by Crippen LogP contribution is 2.35. The Kier molecular flexibility index (Phi) is 4.45. The Morgan fingerprint density at radius 1 is 1.25 bits per heavy atom. The number of rotatable bonds is 2. The van der Waals surface area contributed by atoms with Crippen LogP contribution in [-0.4, -0.2) is 5.11 Å². The predicted octanol–water partition coefficient (Wildman–Crippen LogP) is 4.72. The van der Waals surface area contributed by atoms with Gasteiger partial charge in [0, 0.05) is 0 Å². The molecule has 0 spiro atoms. The average molecular weight is 257 g/mol. The van der Waals surface area contributed by atoms with E-state index in [1.165, 1.54) is 25.7 Å². The summed E-state index contributed by atoms with van der Waals surface area (Å²) in [6.45, 7) is 0. The lowest BCUT2D eigenvalue weighted by Crippen LogP contribution is -2.02. The van der Waals surface area contributed by atoms with Crippen LogP contribution < -0.4 is 0 Å². The Morgan fingerprint density at radius 3 is 2.81 bits per heavy atom. The van der Waals surface area contributed by atoms with Crippen molar-refractivity contribution in [1.29, 1.82) is 0 Å². The van der Waals surface area contributed by atoms with Gasteiger partial charge < -0.3 is 5.11 Å². The van der Waals surface area contributed by atoms with Gasteiger partial charge in [0.15, 0.2) is 0 Å². The first-order chi connectivity index (χ1) is 7.79. The number of hydrogen-bond acceptors (Lipinski definition) is 2. The minimum atomic E-state index is -0.481. The smallest absolute Gasteiger partial charge is 0.111 e. The fourth-order valence-corrected chi connectivity index (χ4v) is 3.32. The van der Waals surface area contributed by atoms with E-state index in [4.69, 9.17) is 11.6 Å². The Hall–Kier alpha value is -0.310. The van der Waals surface area contributed by atoms with Crippen molar-refractivity contribution in [2.24, 2.45) is 0 Å². The SMILES string of the molecule is OC(/C1=C/CCCCCC1)c1sccc1Cl. The summed E-state index contributed by atoms with van der Waals surface area (Å²) >= 11 is 7.59. The molecular formula is C13H17ClOS. The molecule has 0 saturated carbocycles. The second kappa shape index (κ2) is 5.85. The van der Waals surface area contributed by atoms with Crippen molar-refractivity contribution in [3.63, 3.8) is 0 Å². The molecule has 1 aliphatic rings. The maximum atomic E-state index is 10.3. The first kappa shape index (κ1) is 12.2. The maximum absolute atomic E-state index is 10.3. The number of hydrogen-bond donors (Lipinski definition) is 1. The van der Waals surface area contributed by atoms with Gasteiger partial charge in [-0.3, -0.25) is 0 Å². The zero-order valence-corrected chi connectivity index (χ0v) is 10.9. The van der Waals surface area contributed by atoms with Gasteiger partial charge in [-0.2, -0.15) is 0 Å². The molecule has 0 aromatic carbocycles. The van der Waals surface area contributed by atoms with E-state index in [0.29, 0.717) is 5.02 Å². The predicted molar refractivity (Wildman–Crippen MR) is 70.1 cm³/mol. The minimum absolute atomic E-state index is 0.481. The maximum Gasteiger partial charge on any atom is 0.111 e. The van der Waals surface area contributed by atoms with Crippen LogP contribution in [0.1, 0.15) is 49.5 Å². The van der Waals surface area contributed by atoms with Gasteiger partial charge in [0.2, 0.25) is 0 Å². The largest absolute Gasteiger partial charge is 0.383 e. The van der Waals surface area contributed by atoms with Crippen LogP contribution in [0.15, 0.2) is 23.1 Å². The molecular weight excluding hydrogens is 240 g/mol. The van der Waals surface area contributed by atoms with Crippen molar-refractivity contribution >= 4 is 22.9 Å². The quantitative estimate of drug-likeness (QED) is 0.760. The Balaban J connectivity index is 2.13. The number of aliphatic hydroxyl groups excluding tert-OH is 1. The molecule has 1 N–H and O–H groups in total. The van der Waals surface area contributed by atoms with E-state index in [-0.39, 0.29) is 0 Å². The highest BCUT2D eigenvalue weighted by atomic mass is 35.5. The number of aliphatic hydroxyl groups is 1. The minimum Gasteiger partial charge on any atom is -0.383 e. The van der Waals surface area contributed by atoms with E-state index < -0.39 is 6.10 Å². The van der Waals surface area contributed by atoms with Gasteiger partial charge in [-0.15, -0.1) is 11.3 Å². The summed E-state index contributed by atoms with van der Waals surface area (Å²) in [6.07, 6.45) is 8.86. The highest BCUT2D eigenvalue weighted by molar-refractivity contribution is 7.10. The molecule has 0 saturated heterocycles. The van der Waals surface area contributed by atoms with Crippen LogP contribution in [0, 0.1) is 0 Å². The molecule has 1 aromatic rings. The van der Waals surface area contributed by atoms with E-state index in [9.17, 15) is 5.11 Å². The molecule has 0 amide bonds. The molecule has 1 atom stereocenters. The van der Waals surface area contributed by atoms with Crippen LogP contribution in [0.2, 0.25) is 5.02 Å². The Morgan fingerprint density at radius 2 is 2.06 bits per heavy atom. The van der Waals surface area contributed by atoms with Crippen molar-refractivity contribution in [3.05, 3.63) is 33.0 Å². The first-order valence-corrected chi connectivity index (χ1v) is 7.14. The molecule has 1 nitrogen and oxygen atoms in total. The molecule has 16 heavy (non-hydrogen) atoms.